The minimum atomic E-state index is -1.30. The van der Waals surface area contributed by atoms with Crippen LogP contribution in [0.3, 0.4) is 0 Å². The molecule has 2 amide bonds. The Morgan fingerprint density at radius 2 is 2.22 bits per heavy atom. The van der Waals surface area contributed by atoms with E-state index in [2.05, 4.69) is 5.32 Å². The molecule has 2 aliphatic rings. The fraction of sp³-hybridized carbons (Fsp3) is 0.462. The number of nitrogens with one attached hydrogen (secondary N) is 1. The van der Waals surface area contributed by atoms with E-state index in [9.17, 15) is 24.3 Å². The average molecular weight is 339 g/mol. The molecule has 2 rings (SSSR count). The number of fused-ring (bicyclic) bond motifs is 1. The van der Waals surface area contributed by atoms with Crippen molar-refractivity contribution in [3.8, 4) is 6.07 Å². The molecule has 0 aromatic carbocycles. The van der Waals surface area contributed by atoms with E-state index in [1.165, 1.54) is 18.7 Å². The van der Waals surface area contributed by atoms with Crippen molar-refractivity contribution in [1.29, 1.82) is 5.26 Å². The van der Waals surface area contributed by atoms with Gasteiger partial charge in [-0.25, -0.2) is 4.79 Å². The number of β-lactam (4-membered cyclic amide) rings is 1. The largest absolute Gasteiger partial charge is 0.477 e. The molecule has 2 aliphatic heterocycles. The maximum Gasteiger partial charge on any atom is 0.352 e. The SMILES string of the molecule is CC(=O)OCC1=C(C(=O)O)N2C(=O)C(NC(=O)CC#N)[C@H]2SC1. The first-order valence-corrected chi connectivity index (χ1v) is 7.61. The molecule has 0 bridgehead atoms. The van der Waals surface area contributed by atoms with Crippen molar-refractivity contribution < 1.29 is 29.0 Å². The van der Waals surface area contributed by atoms with Crippen molar-refractivity contribution in [1.82, 2.24) is 10.2 Å². The molecule has 0 aliphatic carbocycles. The number of hydrogen-bond donors (Lipinski definition) is 2. The molecular formula is C13H13N3O6S. The molecule has 9 nitrogen and oxygen atoms in total. The highest BCUT2D eigenvalue weighted by molar-refractivity contribution is 8.00. The first kappa shape index (κ1) is 16.8. The topological polar surface area (TPSA) is 137 Å². The van der Waals surface area contributed by atoms with E-state index in [0.717, 1.165) is 4.90 Å². The van der Waals surface area contributed by atoms with E-state index in [0.29, 0.717) is 5.57 Å². The minimum Gasteiger partial charge on any atom is -0.477 e. The quantitative estimate of drug-likeness (QED) is 0.491. The second-order valence-electron chi connectivity index (χ2n) is 4.83. The third-order valence-corrected chi connectivity index (χ3v) is 4.60. The maximum atomic E-state index is 12.1. The lowest BCUT2D eigenvalue weighted by Crippen LogP contribution is -2.70. The van der Waals surface area contributed by atoms with Crippen LogP contribution in [0, 0.1) is 11.3 Å². The second kappa shape index (κ2) is 6.70. The van der Waals surface area contributed by atoms with Crippen LogP contribution in [0.4, 0.5) is 0 Å². The van der Waals surface area contributed by atoms with Gasteiger partial charge in [0.15, 0.2) is 0 Å². The number of nitriles is 1. The highest BCUT2D eigenvalue weighted by Gasteiger charge is 2.54. The summed E-state index contributed by atoms with van der Waals surface area (Å²) >= 11 is 1.26. The summed E-state index contributed by atoms with van der Waals surface area (Å²) in [5.41, 5.74) is 0.106. The molecule has 0 radical (unpaired) electrons. The minimum absolute atomic E-state index is 0.202. The zero-order valence-electron chi connectivity index (χ0n) is 12.1. The smallest absolute Gasteiger partial charge is 0.352 e. The Morgan fingerprint density at radius 3 is 2.78 bits per heavy atom. The summed E-state index contributed by atoms with van der Waals surface area (Å²) < 4.78 is 4.81. The molecule has 2 heterocycles. The molecule has 1 fully saturated rings. The van der Waals surface area contributed by atoms with Crippen LogP contribution in [0.5, 0.6) is 0 Å². The zero-order valence-corrected chi connectivity index (χ0v) is 12.9. The van der Waals surface area contributed by atoms with Crippen molar-refractivity contribution in [2.75, 3.05) is 12.4 Å². The number of carboxylic acid groups (broad SMARTS) is 1. The fourth-order valence-electron chi connectivity index (χ4n) is 2.28. The number of thioether (sulfide) groups is 1. The van der Waals surface area contributed by atoms with Crippen LogP contribution in [0.2, 0.25) is 0 Å². The Bertz CT molecular complexity index is 653. The Kier molecular flexibility index (Phi) is 4.90. The van der Waals surface area contributed by atoms with Gasteiger partial charge in [-0.1, -0.05) is 0 Å². The molecule has 0 aromatic rings. The first-order valence-electron chi connectivity index (χ1n) is 6.56. The summed E-state index contributed by atoms with van der Waals surface area (Å²) in [6, 6.07) is 0.818. The van der Waals surface area contributed by atoms with Gasteiger partial charge in [-0.05, 0) is 0 Å². The summed E-state index contributed by atoms with van der Waals surface area (Å²) in [4.78, 5) is 47.0. The number of carbonyl (C=O) groups excluding carboxylic acids is 3. The van der Waals surface area contributed by atoms with Gasteiger partial charge in [0.25, 0.3) is 5.91 Å². The van der Waals surface area contributed by atoms with Crippen LogP contribution in [0.1, 0.15) is 13.3 Å². The molecule has 122 valence electrons. The number of ether oxygens (including phenoxy) is 1. The van der Waals surface area contributed by atoms with Crippen molar-refractivity contribution in [3.63, 3.8) is 0 Å². The molecular weight excluding hydrogens is 326 g/mol. The maximum absolute atomic E-state index is 12.1. The molecule has 1 saturated heterocycles. The van der Waals surface area contributed by atoms with Crippen LogP contribution in [-0.4, -0.2) is 57.5 Å². The summed E-state index contributed by atoms with van der Waals surface area (Å²) in [7, 11) is 0. The molecule has 0 saturated carbocycles. The number of amides is 2. The number of rotatable bonds is 5. The van der Waals surface area contributed by atoms with Gasteiger partial charge in [-0.15, -0.1) is 11.8 Å². The Hall–Kier alpha value is -2.54. The summed E-state index contributed by atoms with van der Waals surface area (Å²) in [5.74, 6) is -2.74. The lowest BCUT2D eigenvalue weighted by atomic mass is 10.0. The number of hydrogen-bond acceptors (Lipinski definition) is 7. The highest BCUT2D eigenvalue weighted by Crippen LogP contribution is 2.40. The number of carbonyl (C=O) groups is 4. The van der Waals surface area contributed by atoms with Gasteiger partial charge in [-0.2, -0.15) is 5.26 Å². The fourth-order valence-corrected chi connectivity index (χ4v) is 3.61. The van der Waals surface area contributed by atoms with E-state index in [1.54, 1.807) is 6.07 Å². The van der Waals surface area contributed by atoms with Gasteiger partial charge < -0.3 is 15.2 Å². The van der Waals surface area contributed by atoms with Crippen LogP contribution >= 0.6 is 11.8 Å². The number of nitrogens with zero attached hydrogens (tertiary/aromatic N) is 2. The number of carboxylic acids is 1. The van der Waals surface area contributed by atoms with Gasteiger partial charge in [-0.3, -0.25) is 19.3 Å². The van der Waals surface area contributed by atoms with E-state index >= 15 is 0 Å². The van der Waals surface area contributed by atoms with Crippen LogP contribution < -0.4 is 5.32 Å². The van der Waals surface area contributed by atoms with Crippen LogP contribution in [0.25, 0.3) is 0 Å². The van der Waals surface area contributed by atoms with Gasteiger partial charge in [0.05, 0.1) is 6.07 Å². The predicted molar refractivity (Wildman–Crippen MR) is 76.5 cm³/mol. The standard InChI is InChI=1S/C13H13N3O6S/c1-6(17)22-4-7-5-23-12-9(15-8(18)2-3-14)11(19)16(12)10(7)13(20)21/h9,12H,2,4-5H2,1H3,(H,15,18)(H,20,21)/t9?,12-/m1/s1. The van der Waals surface area contributed by atoms with Crippen LogP contribution in [0.15, 0.2) is 11.3 Å². The van der Waals surface area contributed by atoms with Gasteiger partial charge in [0.2, 0.25) is 5.91 Å². The average Bonchev–Trinajstić information content (AvgIpc) is 2.49. The van der Waals surface area contributed by atoms with Crippen molar-refractivity contribution >= 4 is 35.5 Å². The Labute approximate surface area is 135 Å². The summed E-state index contributed by atoms with van der Waals surface area (Å²) in [6.07, 6.45) is -0.375. The lowest BCUT2D eigenvalue weighted by Gasteiger charge is -2.49. The van der Waals surface area contributed by atoms with E-state index < -0.39 is 35.2 Å². The van der Waals surface area contributed by atoms with Gasteiger partial charge in [0.1, 0.15) is 30.1 Å². The Balaban J connectivity index is 2.16. The molecule has 10 heteroatoms. The lowest BCUT2D eigenvalue weighted by molar-refractivity contribution is -0.150. The second-order valence-corrected chi connectivity index (χ2v) is 5.93. The van der Waals surface area contributed by atoms with Crippen LogP contribution in [-0.2, 0) is 23.9 Å². The molecule has 0 aromatic heterocycles. The van der Waals surface area contributed by atoms with E-state index in [1.807, 2.05) is 0 Å². The normalized spacial score (nSPS) is 22.6. The van der Waals surface area contributed by atoms with E-state index in [4.69, 9.17) is 10.00 Å². The van der Waals surface area contributed by atoms with Crippen molar-refractivity contribution in [3.05, 3.63) is 11.3 Å². The molecule has 23 heavy (non-hydrogen) atoms. The van der Waals surface area contributed by atoms with Crippen molar-refractivity contribution in [2.45, 2.75) is 24.8 Å². The summed E-state index contributed by atoms with van der Waals surface area (Å²) in [6.45, 7) is 1.00. The third kappa shape index (κ3) is 3.29. The molecule has 2 N–H and O–H groups in total. The van der Waals surface area contributed by atoms with Crippen molar-refractivity contribution in [2.24, 2.45) is 0 Å². The molecule has 2 atom stereocenters. The van der Waals surface area contributed by atoms with E-state index in [-0.39, 0.29) is 24.5 Å². The third-order valence-electron chi connectivity index (χ3n) is 3.26. The van der Waals surface area contributed by atoms with Gasteiger partial charge in [0, 0.05) is 18.2 Å². The molecule has 1 unspecified atom stereocenters. The molecule has 0 spiro atoms. The highest BCUT2D eigenvalue weighted by atomic mass is 32.2. The summed E-state index contributed by atoms with van der Waals surface area (Å²) in [5, 5.41) is 19.7. The monoisotopic (exact) mass is 339 g/mol. The number of esters is 1. The first-order chi connectivity index (χ1) is 10.9. The Morgan fingerprint density at radius 1 is 1.52 bits per heavy atom. The number of aliphatic carboxylic acids is 1. The predicted octanol–water partition coefficient (Wildman–Crippen LogP) is -0.798. The zero-order chi connectivity index (χ0) is 17.1. The van der Waals surface area contributed by atoms with Gasteiger partial charge >= 0.3 is 11.9 Å².